The number of hydrogen-bond acceptors (Lipinski definition) is 4. The van der Waals surface area contributed by atoms with E-state index in [1.165, 1.54) is 10.8 Å². The van der Waals surface area contributed by atoms with E-state index in [1.807, 2.05) is 30.3 Å². The van der Waals surface area contributed by atoms with Gasteiger partial charge in [-0.15, -0.1) is 0 Å². The van der Waals surface area contributed by atoms with Gasteiger partial charge in [0.1, 0.15) is 5.03 Å². The molecule has 0 saturated carbocycles. The van der Waals surface area contributed by atoms with Crippen LogP contribution in [-0.4, -0.2) is 11.8 Å². The summed E-state index contributed by atoms with van der Waals surface area (Å²) in [4.78, 5) is 4.98. The van der Waals surface area contributed by atoms with E-state index >= 15 is 0 Å². The van der Waals surface area contributed by atoms with Crippen molar-refractivity contribution in [3.63, 3.8) is 0 Å². The SMILES string of the molecule is C=C/C=C(\N=C)SSc1ccc(CO)cc1. The fourth-order valence-corrected chi connectivity index (χ4v) is 2.79. The third-order valence-corrected chi connectivity index (χ3v) is 4.07. The number of hydrogen-bond donors (Lipinski definition) is 1. The number of allylic oxidation sites excluding steroid dienone is 2. The van der Waals surface area contributed by atoms with Crippen molar-refractivity contribution in [2.75, 3.05) is 0 Å². The van der Waals surface area contributed by atoms with E-state index in [1.54, 1.807) is 16.9 Å². The fourth-order valence-electron chi connectivity index (χ4n) is 0.949. The first-order chi connectivity index (χ1) is 7.80. The van der Waals surface area contributed by atoms with Crippen molar-refractivity contribution in [2.24, 2.45) is 4.99 Å². The second-order valence-electron chi connectivity index (χ2n) is 2.87. The topological polar surface area (TPSA) is 32.6 Å². The number of aliphatic imine (C=N–C) groups is 1. The van der Waals surface area contributed by atoms with E-state index in [9.17, 15) is 0 Å². The summed E-state index contributed by atoms with van der Waals surface area (Å²) < 4.78 is 0. The van der Waals surface area contributed by atoms with Gasteiger partial charge in [0, 0.05) is 4.90 Å². The summed E-state index contributed by atoms with van der Waals surface area (Å²) in [5.74, 6) is 0. The van der Waals surface area contributed by atoms with E-state index in [0.717, 1.165) is 15.5 Å². The summed E-state index contributed by atoms with van der Waals surface area (Å²) >= 11 is 0. The molecule has 1 N–H and O–H groups in total. The molecule has 0 heterocycles. The van der Waals surface area contributed by atoms with Crippen molar-refractivity contribution >= 4 is 28.3 Å². The standard InChI is InChI=1S/C12H13NOS2/c1-3-4-12(13-2)16-15-11-7-5-10(9-14)6-8-11/h3-8,14H,1-2,9H2/b12-4+. The molecule has 0 aliphatic heterocycles. The van der Waals surface area contributed by atoms with Gasteiger partial charge >= 0.3 is 0 Å². The van der Waals surface area contributed by atoms with Crippen LogP contribution in [0.15, 0.2) is 57.9 Å². The molecule has 0 atom stereocenters. The van der Waals surface area contributed by atoms with Crippen LogP contribution in [0.5, 0.6) is 0 Å². The van der Waals surface area contributed by atoms with Crippen LogP contribution in [0.4, 0.5) is 0 Å². The smallest absolute Gasteiger partial charge is 0.106 e. The molecule has 0 aliphatic carbocycles. The van der Waals surface area contributed by atoms with Crippen LogP contribution < -0.4 is 0 Å². The molecule has 4 heteroatoms. The van der Waals surface area contributed by atoms with Crippen LogP contribution in [-0.2, 0) is 6.61 Å². The molecule has 0 saturated heterocycles. The molecule has 0 bridgehead atoms. The Hall–Kier alpha value is -0.970. The molecule has 0 spiro atoms. The van der Waals surface area contributed by atoms with Crippen molar-refractivity contribution in [2.45, 2.75) is 11.5 Å². The molecular weight excluding hydrogens is 238 g/mol. The van der Waals surface area contributed by atoms with Crippen molar-refractivity contribution in [1.82, 2.24) is 0 Å². The number of nitrogens with zero attached hydrogens (tertiary/aromatic N) is 1. The molecule has 0 amide bonds. The normalized spacial score (nSPS) is 11.2. The summed E-state index contributed by atoms with van der Waals surface area (Å²) in [6.45, 7) is 7.17. The quantitative estimate of drug-likeness (QED) is 0.476. The highest BCUT2D eigenvalue weighted by molar-refractivity contribution is 8.78. The van der Waals surface area contributed by atoms with Crippen molar-refractivity contribution in [3.05, 3.63) is 53.6 Å². The van der Waals surface area contributed by atoms with Crippen LogP contribution in [0.1, 0.15) is 5.56 Å². The summed E-state index contributed by atoms with van der Waals surface area (Å²) in [6, 6.07) is 7.75. The molecule has 0 radical (unpaired) electrons. The average Bonchev–Trinajstić information content (AvgIpc) is 2.35. The van der Waals surface area contributed by atoms with Gasteiger partial charge in [0.05, 0.1) is 6.61 Å². The zero-order chi connectivity index (χ0) is 11.8. The van der Waals surface area contributed by atoms with E-state index in [-0.39, 0.29) is 6.61 Å². The lowest BCUT2D eigenvalue weighted by Gasteiger charge is -2.01. The van der Waals surface area contributed by atoms with Gasteiger partial charge in [-0.25, -0.2) is 0 Å². The first-order valence-electron chi connectivity index (χ1n) is 4.64. The van der Waals surface area contributed by atoms with Crippen LogP contribution in [0, 0.1) is 0 Å². The molecule has 16 heavy (non-hydrogen) atoms. The minimum atomic E-state index is 0.0773. The lowest BCUT2D eigenvalue weighted by atomic mass is 10.2. The summed E-state index contributed by atoms with van der Waals surface area (Å²) in [7, 11) is 3.12. The molecule has 1 rings (SSSR count). The minimum Gasteiger partial charge on any atom is -0.392 e. The van der Waals surface area contributed by atoms with E-state index in [4.69, 9.17) is 5.11 Å². The molecule has 2 nitrogen and oxygen atoms in total. The van der Waals surface area contributed by atoms with E-state index in [0.29, 0.717) is 0 Å². The molecule has 0 aromatic heterocycles. The predicted molar refractivity (Wildman–Crippen MR) is 73.6 cm³/mol. The molecule has 0 unspecified atom stereocenters. The fraction of sp³-hybridized carbons (Fsp3) is 0.0833. The summed E-state index contributed by atoms with van der Waals surface area (Å²) in [5.41, 5.74) is 0.915. The van der Waals surface area contributed by atoms with Gasteiger partial charge in [-0.05, 0) is 41.3 Å². The molecule has 1 aromatic rings. The third-order valence-electron chi connectivity index (χ3n) is 1.75. The number of rotatable bonds is 6. The zero-order valence-corrected chi connectivity index (χ0v) is 10.4. The highest BCUT2D eigenvalue weighted by Crippen LogP contribution is 2.37. The van der Waals surface area contributed by atoms with Gasteiger partial charge in [0.2, 0.25) is 0 Å². The Morgan fingerprint density at radius 1 is 1.38 bits per heavy atom. The first-order valence-corrected chi connectivity index (χ1v) is 6.79. The lowest BCUT2D eigenvalue weighted by molar-refractivity contribution is 0.282. The Morgan fingerprint density at radius 2 is 2.06 bits per heavy atom. The Kier molecular flexibility index (Phi) is 6.00. The highest BCUT2D eigenvalue weighted by Gasteiger charge is 1.98. The Balaban J connectivity index is 2.56. The molecular formula is C12H13NOS2. The van der Waals surface area contributed by atoms with Crippen molar-refractivity contribution in [1.29, 1.82) is 0 Å². The van der Waals surface area contributed by atoms with Crippen molar-refractivity contribution in [3.8, 4) is 0 Å². The average molecular weight is 251 g/mol. The maximum absolute atomic E-state index is 8.90. The van der Waals surface area contributed by atoms with Crippen molar-refractivity contribution < 1.29 is 5.11 Å². The summed E-state index contributed by atoms with van der Waals surface area (Å²) in [6.07, 6.45) is 3.50. The number of aliphatic hydroxyl groups excluding tert-OH is 1. The van der Waals surface area contributed by atoms with Crippen LogP contribution >= 0.6 is 21.6 Å². The second kappa shape index (κ2) is 7.33. The Morgan fingerprint density at radius 3 is 2.56 bits per heavy atom. The maximum atomic E-state index is 8.90. The maximum Gasteiger partial charge on any atom is 0.106 e. The van der Waals surface area contributed by atoms with E-state index < -0.39 is 0 Å². The van der Waals surface area contributed by atoms with Gasteiger partial charge in [-0.3, -0.25) is 4.99 Å². The monoisotopic (exact) mass is 251 g/mol. The zero-order valence-electron chi connectivity index (χ0n) is 8.80. The molecule has 1 aromatic carbocycles. The second-order valence-corrected chi connectivity index (χ2v) is 5.09. The van der Waals surface area contributed by atoms with Gasteiger partial charge in [0.15, 0.2) is 0 Å². The first kappa shape index (κ1) is 13.1. The van der Waals surface area contributed by atoms with Gasteiger partial charge in [-0.2, -0.15) is 0 Å². The molecule has 0 fully saturated rings. The predicted octanol–water partition coefficient (Wildman–Crippen LogP) is 3.65. The number of aliphatic hydroxyl groups is 1. The van der Waals surface area contributed by atoms with Crippen LogP contribution in [0.25, 0.3) is 0 Å². The highest BCUT2D eigenvalue weighted by atomic mass is 33.1. The third kappa shape index (κ3) is 4.26. The molecule has 0 aliphatic rings. The molecule has 84 valence electrons. The van der Waals surface area contributed by atoms with Gasteiger partial charge < -0.3 is 5.11 Å². The van der Waals surface area contributed by atoms with E-state index in [2.05, 4.69) is 18.3 Å². The minimum absolute atomic E-state index is 0.0773. The van der Waals surface area contributed by atoms with Crippen LogP contribution in [0.3, 0.4) is 0 Å². The van der Waals surface area contributed by atoms with Gasteiger partial charge in [0.25, 0.3) is 0 Å². The largest absolute Gasteiger partial charge is 0.392 e. The number of benzene rings is 1. The van der Waals surface area contributed by atoms with Crippen LogP contribution in [0.2, 0.25) is 0 Å². The Labute approximate surface area is 104 Å². The lowest BCUT2D eigenvalue weighted by Crippen LogP contribution is -1.80. The Bertz CT molecular complexity index is 385. The van der Waals surface area contributed by atoms with Gasteiger partial charge in [-0.1, -0.05) is 35.6 Å². The summed E-state index contributed by atoms with van der Waals surface area (Å²) in [5, 5.41) is 9.72.